The molecule has 3 heterocycles. The van der Waals surface area contributed by atoms with Crippen molar-refractivity contribution in [3.8, 4) is 5.88 Å². The van der Waals surface area contributed by atoms with Gasteiger partial charge in [-0.1, -0.05) is 30.3 Å². The number of fused-ring (bicyclic) bond motifs is 3. The van der Waals surface area contributed by atoms with E-state index >= 15 is 0 Å². The van der Waals surface area contributed by atoms with Gasteiger partial charge in [-0.25, -0.2) is 9.97 Å². The third kappa shape index (κ3) is 5.11. The molecule has 0 aliphatic carbocycles. The number of hydrogen-bond donors (Lipinski definition) is 1. The number of aliphatic hydroxyl groups is 1. The number of aliphatic hydroxyl groups excluding tert-OH is 1. The molecule has 1 N–H and O–H groups in total. The molecular formula is C28H32N4O4. The van der Waals surface area contributed by atoms with Crippen LogP contribution in [0.1, 0.15) is 30.0 Å². The van der Waals surface area contributed by atoms with Gasteiger partial charge < -0.3 is 19.5 Å². The predicted octanol–water partition coefficient (Wildman–Crippen LogP) is 3.19. The first-order valence-corrected chi connectivity index (χ1v) is 12.4. The van der Waals surface area contributed by atoms with Gasteiger partial charge in [0.25, 0.3) is 5.56 Å². The van der Waals surface area contributed by atoms with E-state index in [0.29, 0.717) is 42.8 Å². The summed E-state index contributed by atoms with van der Waals surface area (Å²) in [6.07, 6.45) is 4.81. The van der Waals surface area contributed by atoms with E-state index in [9.17, 15) is 9.90 Å². The van der Waals surface area contributed by atoms with E-state index in [1.165, 1.54) is 0 Å². The van der Waals surface area contributed by atoms with Crippen LogP contribution in [0.25, 0.3) is 21.7 Å². The smallest absolute Gasteiger partial charge is 0.261 e. The first-order valence-electron chi connectivity index (χ1n) is 12.4. The van der Waals surface area contributed by atoms with Gasteiger partial charge in [0.1, 0.15) is 0 Å². The zero-order valence-corrected chi connectivity index (χ0v) is 20.8. The summed E-state index contributed by atoms with van der Waals surface area (Å²) in [4.78, 5) is 24.8. The van der Waals surface area contributed by atoms with Gasteiger partial charge in [0.2, 0.25) is 5.88 Å². The molecule has 1 saturated heterocycles. The molecule has 0 amide bonds. The molecule has 2 aromatic heterocycles. The fourth-order valence-corrected chi connectivity index (χ4v) is 4.85. The summed E-state index contributed by atoms with van der Waals surface area (Å²) in [5, 5.41) is 13.0. The van der Waals surface area contributed by atoms with Crippen LogP contribution >= 0.6 is 0 Å². The molecular weight excluding hydrogens is 456 g/mol. The van der Waals surface area contributed by atoms with Crippen LogP contribution < -0.4 is 10.3 Å². The van der Waals surface area contributed by atoms with Crippen LogP contribution in [0.5, 0.6) is 5.88 Å². The Morgan fingerprint density at radius 3 is 2.72 bits per heavy atom. The fraction of sp³-hybridized carbons (Fsp3) is 0.393. The van der Waals surface area contributed by atoms with E-state index < -0.39 is 6.10 Å². The molecule has 1 fully saturated rings. The van der Waals surface area contributed by atoms with Gasteiger partial charge in [-0.15, -0.1) is 0 Å². The zero-order chi connectivity index (χ0) is 25.1. The molecule has 2 atom stereocenters. The summed E-state index contributed by atoms with van der Waals surface area (Å²) < 4.78 is 12.7. The molecule has 188 valence electrons. The highest BCUT2D eigenvalue weighted by Gasteiger charge is 2.27. The largest absolute Gasteiger partial charge is 0.478 e. The SMILES string of the molecule is CN(C)CCCOc1ccc(Cc2cc3c(=O)n([C@H]4CCOC[C@@H]4O)cnc3c3ccccc23)cn1. The Kier molecular flexibility index (Phi) is 7.27. The lowest BCUT2D eigenvalue weighted by Crippen LogP contribution is -2.39. The summed E-state index contributed by atoms with van der Waals surface area (Å²) in [7, 11) is 4.09. The average Bonchev–Trinajstić information content (AvgIpc) is 2.89. The highest BCUT2D eigenvalue weighted by Crippen LogP contribution is 2.29. The lowest BCUT2D eigenvalue weighted by Gasteiger charge is -2.29. The molecule has 0 saturated carbocycles. The van der Waals surface area contributed by atoms with Crippen molar-refractivity contribution in [2.24, 2.45) is 0 Å². The van der Waals surface area contributed by atoms with Crippen molar-refractivity contribution < 1.29 is 14.6 Å². The Labute approximate surface area is 210 Å². The minimum atomic E-state index is -0.731. The number of ether oxygens (including phenoxy) is 2. The van der Waals surface area contributed by atoms with Gasteiger partial charge >= 0.3 is 0 Å². The number of nitrogens with zero attached hydrogens (tertiary/aromatic N) is 4. The Balaban J connectivity index is 1.46. The third-order valence-electron chi connectivity index (χ3n) is 6.72. The Bertz CT molecular complexity index is 1400. The normalized spacial score (nSPS) is 18.2. The van der Waals surface area contributed by atoms with Crippen LogP contribution in [0.4, 0.5) is 0 Å². The Morgan fingerprint density at radius 1 is 1.14 bits per heavy atom. The van der Waals surface area contributed by atoms with E-state index in [1.54, 1.807) is 10.9 Å². The van der Waals surface area contributed by atoms with Crippen molar-refractivity contribution >= 4 is 21.7 Å². The maximum Gasteiger partial charge on any atom is 0.261 e. The first kappa shape index (κ1) is 24.4. The van der Waals surface area contributed by atoms with Crippen molar-refractivity contribution in [3.63, 3.8) is 0 Å². The van der Waals surface area contributed by atoms with E-state index in [-0.39, 0.29) is 18.2 Å². The summed E-state index contributed by atoms with van der Waals surface area (Å²) >= 11 is 0. The summed E-state index contributed by atoms with van der Waals surface area (Å²) in [6.45, 7) is 2.33. The van der Waals surface area contributed by atoms with Crippen LogP contribution in [-0.4, -0.2) is 71.1 Å². The van der Waals surface area contributed by atoms with Crippen molar-refractivity contribution in [2.75, 3.05) is 40.5 Å². The van der Waals surface area contributed by atoms with Gasteiger partial charge in [-0.2, -0.15) is 0 Å². The van der Waals surface area contributed by atoms with Crippen LogP contribution in [0.3, 0.4) is 0 Å². The Morgan fingerprint density at radius 2 is 1.97 bits per heavy atom. The second kappa shape index (κ2) is 10.7. The van der Waals surface area contributed by atoms with Crippen molar-refractivity contribution in [1.82, 2.24) is 19.4 Å². The molecule has 2 aromatic carbocycles. The molecule has 1 aliphatic heterocycles. The monoisotopic (exact) mass is 488 g/mol. The topological polar surface area (TPSA) is 89.7 Å². The molecule has 8 heteroatoms. The number of rotatable bonds is 8. The average molecular weight is 489 g/mol. The lowest BCUT2D eigenvalue weighted by molar-refractivity contribution is -0.0395. The molecule has 0 unspecified atom stereocenters. The zero-order valence-electron chi connectivity index (χ0n) is 20.8. The maximum absolute atomic E-state index is 13.6. The molecule has 0 bridgehead atoms. The van der Waals surface area contributed by atoms with Gasteiger partial charge in [-0.05, 0) is 55.9 Å². The third-order valence-corrected chi connectivity index (χ3v) is 6.72. The summed E-state index contributed by atoms with van der Waals surface area (Å²) in [5.41, 5.74) is 2.60. The fourth-order valence-electron chi connectivity index (χ4n) is 4.85. The molecule has 0 spiro atoms. The first-order chi connectivity index (χ1) is 17.5. The highest BCUT2D eigenvalue weighted by molar-refractivity contribution is 6.06. The quantitative estimate of drug-likeness (QED) is 0.301. The van der Waals surface area contributed by atoms with Crippen LogP contribution in [-0.2, 0) is 11.2 Å². The van der Waals surface area contributed by atoms with Crippen LogP contribution in [0.2, 0.25) is 0 Å². The Hall–Kier alpha value is -3.33. The number of benzene rings is 2. The van der Waals surface area contributed by atoms with Crippen LogP contribution in [0.15, 0.2) is 59.8 Å². The van der Waals surface area contributed by atoms with E-state index in [0.717, 1.165) is 34.9 Å². The minimum absolute atomic E-state index is 0.141. The van der Waals surface area contributed by atoms with Gasteiger partial charge in [0.15, 0.2) is 0 Å². The number of pyridine rings is 1. The van der Waals surface area contributed by atoms with Gasteiger partial charge in [-0.3, -0.25) is 9.36 Å². The van der Waals surface area contributed by atoms with Gasteiger partial charge in [0.05, 0.1) is 42.6 Å². The molecule has 36 heavy (non-hydrogen) atoms. The number of hydrogen-bond acceptors (Lipinski definition) is 7. The standard InChI is InChI=1S/C28H32N4O4/c1-31(2)11-5-12-36-26-9-8-19(16-29-26)14-20-15-23-27(22-7-4-3-6-21(20)22)30-18-32(28(23)34)24-10-13-35-17-25(24)33/h3-4,6-9,15-16,18,24-25,33H,5,10-14,17H2,1-2H3/t24-,25-/m0/s1. The van der Waals surface area contributed by atoms with Crippen LogP contribution in [0, 0.1) is 0 Å². The summed E-state index contributed by atoms with van der Waals surface area (Å²) in [6, 6.07) is 13.6. The highest BCUT2D eigenvalue weighted by atomic mass is 16.5. The van der Waals surface area contributed by atoms with Gasteiger partial charge in [0, 0.05) is 30.8 Å². The molecule has 5 rings (SSSR count). The van der Waals surface area contributed by atoms with Crippen molar-refractivity contribution in [3.05, 3.63) is 76.5 Å². The second-order valence-electron chi connectivity index (χ2n) is 9.62. The molecule has 8 nitrogen and oxygen atoms in total. The maximum atomic E-state index is 13.6. The second-order valence-corrected chi connectivity index (χ2v) is 9.62. The lowest BCUT2D eigenvalue weighted by atomic mass is 9.96. The minimum Gasteiger partial charge on any atom is -0.478 e. The van der Waals surface area contributed by atoms with Crippen molar-refractivity contribution in [2.45, 2.75) is 31.4 Å². The molecule has 4 aromatic rings. The number of aromatic nitrogens is 3. The molecule has 1 aliphatic rings. The predicted molar refractivity (Wildman–Crippen MR) is 140 cm³/mol. The summed E-state index contributed by atoms with van der Waals surface area (Å²) in [5.74, 6) is 0.614. The van der Waals surface area contributed by atoms with E-state index in [4.69, 9.17) is 9.47 Å². The molecule has 0 radical (unpaired) electrons. The van der Waals surface area contributed by atoms with Crippen molar-refractivity contribution in [1.29, 1.82) is 0 Å². The van der Waals surface area contributed by atoms with E-state index in [2.05, 4.69) is 20.9 Å². The van der Waals surface area contributed by atoms with E-state index in [1.807, 2.05) is 56.7 Å².